The number of nitrogens with zero attached hydrogens (tertiary/aromatic N) is 1. The highest BCUT2D eigenvalue weighted by molar-refractivity contribution is 7.16. The van der Waals surface area contributed by atoms with Crippen molar-refractivity contribution in [2.45, 2.75) is 13.8 Å². The molecule has 1 amide bonds. The second kappa shape index (κ2) is 7.01. The molecule has 4 rings (SSSR count). The quantitative estimate of drug-likeness (QED) is 0.384. The maximum atomic E-state index is 13.1. The molecule has 2 N–H and O–H groups in total. The molecular formula is C21H16FN3O2S. The molecule has 2 heterocycles. The van der Waals surface area contributed by atoms with Crippen molar-refractivity contribution in [3.8, 4) is 11.3 Å². The van der Waals surface area contributed by atoms with Crippen LogP contribution in [0.25, 0.3) is 22.2 Å². The van der Waals surface area contributed by atoms with Crippen LogP contribution in [0.4, 0.5) is 9.52 Å². The fourth-order valence-electron chi connectivity index (χ4n) is 3.16. The number of aromatic amines is 1. The Labute approximate surface area is 164 Å². The van der Waals surface area contributed by atoms with E-state index in [1.54, 1.807) is 25.1 Å². The number of amides is 1. The van der Waals surface area contributed by atoms with E-state index in [9.17, 15) is 14.0 Å². The highest BCUT2D eigenvalue weighted by atomic mass is 32.1. The number of thiazole rings is 1. The van der Waals surface area contributed by atoms with E-state index in [0.29, 0.717) is 27.5 Å². The van der Waals surface area contributed by atoms with E-state index in [-0.39, 0.29) is 5.82 Å². The van der Waals surface area contributed by atoms with E-state index in [2.05, 4.69) is 15.3 Å². The first kappa shape index (κ1) is 18.1. The van der Waals surface area contributed by atoms with Crippen molar-refractivity contribution in [2.24, 2.45) is 0 Å². The molecule has 7 heteroatoms. The summed E-state index contributed by atoms with van der Waals surface area (Å²) in [4.78, 5) is 33.7. The normalized spacial score (nSPS) is 11.0. The third-order valence-electron chi connectivity index (χ3n) is 4.46. The first-order valence-corrected chi connectivity index (χ1v) is 9.42. The Hall–Kier alpha value is -3.32. The lowest BCUT2D eigenvalue weighted by atomic mass is 10.1. The number of nitrogens with one attached hydrogen (secondary N) is 2. The molecule has 0 radical (unpaired) electrons. The number of carbonyl (C=O) groups is 2. The van der Waals surface area contributed by atoms with E-state index in [0.717, 1.165) is 16.0 Å². The molecule has 0 atom stereocenters. The van der Waals surface area contributed by atoms with Gasteiger partial charge >= 0.3 is 0 Å². The van der Waals surface area contributed by atoms with E-state index >= 15 is 0 Å². The van der Waals surface area contributed by atoms with E-state index in [1.165, 1.54) is 23.5 Å². The fourth-order valence-corrected chi connectivity index (χ4v) is 3.99. The summed E-state index contributed by atoms with van der Waals surface area (Å²) in [6.45, 7) is 3.62. The molecule has 2 aromatic carbocycles. The number of hydrogen-bond acceptors (Lipinski definition) is 4. The Morgan fingerprint density at radius 3 is 2.54 bits per heavy atom. The number of halogens is 1. The topological polar surface area (TPSA) is 74.8 Å². The average molecular weight is 393 g/mol. The Bertz CT molecular complexity index is 1210. The Kier molecular flexibility index (Phi) is 4.52. The number of anilines is 1. The molecule has 0 saturated heterocycles. The number of fused-ring (bicyclic) bond motifs is 1. The average Bonchev–Trinajstić information content (AvgIpc) is 3.20. The zero-order valence-corrected chi connectivity index (χ0v) is 16.0. The molecule has 0 unspecified atom stereocenters. The molecular weight excluding hydrogens is 377 g/mol. The number of benzene rings is 2. The first-order chi connectivity index (χ1) is 13.4. The minimum absolute atomic E-state index is 0.327. The summed E-state index contributed by atoms with van der Waals surface area (Å²) in [6.07, 6.45) is 0. The highest BCUT2D eigenvalue weighted by Gasteiger charge is 2.24. The smallest absolute Gasteiger partial charge is 0.298 e. The highest BCUT2D eigenvalue weighted by Crippen LogP contribution is 2.31. The lowest BCUT2D eigenvalue weighted by Crippen LogP contribution is -2.23. The summed E-state index contributed by atoms with van der Waals surface area (Å²) in [5, 5.41) is 3.63. The van der Waals surface area contributed by atoms with Gasteiger partial charge in [-0.3, -0.25) is 14.9 Å². The number of carbonyl (C=O) groups excluding carboxylic acids is 2. The first-order valence-electron chi connectivity index (χ1n) is 8.60. The van der Waals surface area contributed by atoms with Gasteiger partial charge in [-0.25, -0.2) is 9.37 Å². The van der Waals surface area contributed by atoms with Gasteiger partial charge in [0.05, 0.1) is 11.3 Å². The number of ketones is 1. The van der Waals surface area contributed by atoms with Gasteiger partial charge in [-0.05, 0) is 44.2 Å². The third kappa shape index (κ3) is 3.20. The third-order valence-corrected chi connectivity index (χ3v) is 5.35. The van der Waals surface area contributed by atoms with Gasteiger partial charge in [0.2, 0.25) is 0 Å². The van der Waals surface area contributed by atoms with Gasteiger partial charge in [0.1, 0.15) is 5.82 Å². The number of aromatic nitrogens is 2. The molecule has 0 bridgehead atoms. The van der Waals surface area contributed by atoms with Crippen LogP contribution >= 0.6 is 11.3 Å². The number of H-pyrrole nitrogens is 1. The Balaban J connectivity index is 1.60. The maximum Gasteiger partial charge on any atom is 0.298 e. The van der Waals surface area contributed by atoms with Gasteiger partial charge in [0.25, 0.3) is 11.7 Å². The van der Waals surface area contributed by atoms with Gasteiger partial charge in [-0.15, -0.1) is 11.3 Å². The van der Waals surface area contributed by atoms with Crippen LogP contribution in [0.15, 0.2) is 48.5 Å². The molecule has 0 aliphatic rings. The molecule has 4 aromatic rings. The van der Waals surface area contributed by atoms with Crippen molar-refractivity contribution >= 4 is 39.1 Å². The Morgan fingerprint density at radius 2 is 1.79 bits per heavy atom. The van der Waals surface area contributed by atoms with Crippen LogP contribution in [-0.2, 0) is 4.79 Å². The van der Waals surface area contributed by atoms with E-state index in [1.807, 2.05) is 25.1 Å². The minimum atomic E-state index is -0.743. The SMILES string of the molecule is Cc1[nH]c2ccccc2c1C(=O)C(=O)Nc1nc(-c2ccc(F)cc2)c(C)s1. The number of hydrogen-bond donors (Lipinski definition) is 2. The molecule has 0 saturated carbocycles. The van der Waals surface area contributed by atoms with Gasteiger partial charge < -0.3 is 4.98 Å². The largest absolute Gasteiger partial charge is 0.358 e. The van der Waals surface area contributed by atoms with Crippen LogP contribution in [0, 0.1) is 19.7 Å². The van der Waals surface area contributed by atoms with Crippen LogP contribution < -0.4 is 5.32 Å². The number of aryl methyl sites for hydroxylation is 2. The minimum Gasteiger partial charge on any atom is -0.358 e. The van der Waals surface area contributed by atoms with Crippen molar-refractivity contribution < 1.29 is 14.0 Å². The number of Topliss-reactive ketones (excluding diaryl/α,β-unsaturated/α-hetero) is 1. The van der Waals surface area contributed by atoms with Crippen LogP contribution in [-0.4, -0.2) is 21.7 Å². The lowest BCUT2D eigenvalue weighted by molar-refractivity contribution is -0.112. The van der Waals surface area contributed by atoms with E-state index < -0.39 is 11.7 Å². The Morgan fingerprint density at radius 1 is 1.07 bits per heavy atom. The summed E-state index contributed by atoms with van der Waals surface area (Å²) in [6, 6.07) is 13.3. The van der Waals surface area contributed by atoms with Gasteiger partial charge in [-0.2, -0.15) is 0 Å². The molecule has 140 valence electrons. The zero-order chi connectivity index (χ0) is 19.8. The molecule has 0 spiro atoms. The predicted octanol–water partition coefficient (Wildman–Crippen LogP) is 4.87. The number of rotatable bonds is 4. The summed E-state index contributed by atoms with van der Waals surface area (Å²) in [7, 11) is 0. The van der Waals surface area contributed by atoms with Crippen LogP contribution in [0.1, 0.15) is 20.9 Å². The summed E-state index contributed by atoms with van der Waals surface area (Å²) in [5.41, 5.74) is 3.20. The van der Waals surface area contributed by atoms with Crippen molar-refractivity contribution in [3.63, 3.8) is 0 Å². The molecule has 28 heavy (non-hydrogen) atoms. The van der Waals surface area contributed by atoms with Crippen molar-refractivity contribution in [2.75, 3.05) is 5.32 Å². The fraction of sp³-hybridized carbons (Fsp3) is 0.0952. The molecule has 0 aliphatic heterocycles. The second-order valence-corrected chi connectivity index (χ2v) is 7.59. The van der Waals surface area contributed by atoms with Gasteiger partial charge in [0, 0.05) is 27.0 Å². The van der Waals surface area contributed by atoms with Gasteiger partial charge in [0.15, 0.2) is 5.13 Å². The summed E-state index contributed by atoms with van der Waals surface area (Å²) in [5.74, 6) is -1.69. The van der Waals surface area contributed by atoms with Crippen molar-refractivity contribution in [1.82, 2.24) is 9.97 Å². The van der Waals surface area contributed by atoms with Crippen LogP contribution in [0.5, 0.6) is 0 Å². The summed E-state index contributed by atoms with van der Waals surface area (Å²) < 4.78 is 13.1. The molecule has 0 aliphatic carbocycles. The monoisotopic (exact) mass is 393 g/mol. The molecule has 2 aromatic heterocycles. The van der Waals surface area contributed by atoms with Crippen LogP contribution in [0.3, 0.4) is 0 Å². The predicted molar refractivity (Wildman–Crippen MR) is 108 cm³/mol. The van der Waals surface area contributed by atoms with Crippen LogP contribution in [0.2, 0.25) is 0 Å². The molecule has 5 nitrogen and oxygen atoms in total. The molecule has 0 fully saturated rings. The standard InChI is InChI=1S/C21H16FN3O2S/c1-11-17(15-5-3-4-6-16(15)23-11)19(26)20(27)25-21-24-18(12(2)28-21)13-7-9-14(22)10-8-13/h3-10,23H,1-2H3,(H,24,25,27). The van der Waals surface area contributed by atoms with Crippen molar-refractivity contribution in [1.29, 1.82) is 0 Å². The van der Waals surface area contributed by atoms with E-state index in [4.69, 9.17) is 0 Å². The number of para-hydroxylation sites is 1. The van der Waals surface area contributed by atoms with Gasteiger partial charge in [-0.1, -0.05) is 18.2 Å². The van der Waals surface area contributed by atoms with Crippen molar-refractivity contribution in [3.05, 3.63) is 70.5 Å². The lowest BCUT2D eigenvalue weighted by Gasteiger charge is -2.02. The zero-order valence-electron chi connectivity index (χ0n) is 15.2. The maximum absolute atomic E-state index is 13.1. The second-order valence-electron chi connectivity index (χ2n) is 6.38. The summed E-state index contributed by atoms with van der Waals surface area (Å²) >= 11 is 1.27.